The fourth-order valence-electron chi connectivity index (χ4n) is 3.08. The van der Waals surface area contributed by atoms with Gasteiger partial charge in [0, 0.05) is 13.1 Å². The standard InChI is InChI=1S/C21H18Cl4N2O3/c22-15-5-3-12(8-17(15)24)2-1-7-26-20(29)14-11-27(21(30)19(14)28)10-13-4-6-16(23)18(25)9-13/h3-6,8-9,28H,1-2,7,10-11H2,(H,26,29). The Morgan fingerprint density at radius 3 is 2.20 bits per heavy atom. The third kappa shape index (κ3) is 5.41. The highest BCUT2D eigenvalue weighted by Gasteiger charge is 2.33. The number of aliphatic hydroxyl groups is 1. The fourth-order valence-corrected chi connectivity index (χ4v) is 3.72. The van der Waals surface area contributed by atoms with Crippen LogP contribution in [0, 0.1) is 0 Å². The number of carbonyl (C=O) groups is 2. The minimum atomic E-state index is -0.595. The number of carbonyl (C=O) groups excluding carboxylic acids is 2. The highest BCUT2D eigenvalue weighted by molar-refractivity contribution is 6.42. The number of benzene rings is 2. The second-order valence-electron chi connectivity index (χ2n) is 6.84. The van der Waals surface area contributed by atoms with Gasteiger partial charge in [-0.2, -0.15) is 0 Å². The first-order chi connectivity index (χ1) is 14.3. The molecule has 5 nitrogen and oxygen atoms in total. The van der Waals surface area contributed by atoms with Crippen molar-refractivity contribution in [2.75, 3.05) is 13.1 Å². The number of rotatable bonds is 7. The summed E-state index contributed by atoms with van der Waals surface area (Å²) in [6.45, 7) is 0.605. The van der Waals surface area contributed by atoms with Crippen molar-refractivity contribution in [2.24, 2.45) is 0 Å². The summed E-state index contributed by atoms with van der Waals surface area (Å²) in [7, 11) is 0. The zero-order valence-corrected chi connectivity index (χ0v) is 18.7. The molecule has 0 spiro atoms. The Labute approximate surface area is 194 Å². The lowest BCUT2D eigenvalue weighted by atomic mass is 10.1. The van der Waals surface area contributed by atoms with Crippen molar-refractivity contribution in [1.82, 2.24) is 10.2 Å². The quantitative estimate of drug-likeness (QED) is 0.527. The van der Waals surface area contributed by atoms with Crippen molar-refractivity contribution in [1.29, 1.82) is 0 Å². The van der Waals surface area contributed by atoms with Crippen LogP contribution in [0.4, 0.5) is 0 Å². The maximum Gasteiger partial charge on any atom is 0.289 e. The molecule has 0 bridgehead atoms. The molecule has 0 unspecified atom stereocenters. The molecule has 9 heteroatoms. The maximum absolute atomic E-state index is 12.4. The summed E-state index contributed by atoms with van der Waals surface area (Å²) in [5.41, 5.74) is 1.80. The highest BCUT2D eigenvalue weighted by atomic mass is 35.5. The van der Waals surface area contributed by atoms with Gasteiger partial charge in [-0.15, -0.1) is 0 Å². The molecular formula is C21H18Cl4N2O3. The molecule has 2 N–H and O–H groups in total. The number of nitrogens with zero attached hydrogens (tertiary/aromatic N) is 1. The van der Waals surface area contributed by atoms with Crippen LogP contribution in [0.3, 0.4) is 0 Å². The second-order valence-corrected chi connectivity index (χ2v) is 8.47. The summed E-state index contributed by atoms with van der Waals surface area (Å²) >= 11 is 23.8. The number of aliphatic hydroxyl groups excluding tert-OH is 1. The van der Waals surface area contributed by atoms with Crippen LogP contribution in [-0.4, -0.2) is 34.9 Å². The van der Waals surface area contributed by atoms with Crippen molar-refractivity contribution in [3.8, 4) is 0 Å². The van der Waals surface area contributed by atoms with E-state index in [1.807, 2.05) is 6.07 Å². The van der Waals surface area contributed by atoms with E-state index in [0.717, 1.165) is 11.1 Å². The van der Waals surface area contributed by atoms with Gasteiger partial charge in [0.15, 0.2) is 5.76 Å². The molecule has 0 aromatic heterocycles. The molecule has 1 aliphatic heterocycles. The first-order valence-corrected chi connectivity index (χ1v) is 10.6. The predicted molar refractivity (Wildman–Crippen MR) is 119 cm³/mol. The summed E-state index contributed by atoms with van der Waals surface area (Å²) in [5.74, 6) is -1.59. The van der Waals surface area contributed by atoms with Gasteiger partial charge in [0.1, 0.15) is 0 Å². The Kier molecular flexibility index (Phi) is 7.53. The average Bonchev–Trinajstić information content (AvgIpc) is 2.99. The summed E-state index contributed by atoms with van der Waals surface area (Å²) in [4.78, 5) is 26.1. The molecule has 0 saturated carbocycles. The summed E-state index contributed by atoms with van der Waals surface area (Å²) in [6.07, 6.45) is 1.36. The summed E-state index contributed by atoms with van der Waals surface area (Å²) < 4.78 is 0. The molecule has 158 valence electrons. The van der Waals surface area contributed by atoms with Gasteiger partial charge in [0.2, 0.25) is 0 Å². The van der Waals surface area contributed by atoms with E-state index in [4.69, 9.17) is 46.4 Å². The monoisotopic (exact) mass is 486 g/mol. The third-order valence-electron chi connectivity index (χ3n) is 4.67. The van der Waals surface area contributed by atoms with Gasteiger partial charge in [-0.1, -0.05) is 58.5 Å². The van der Waals surface area contributed by atoms with Crippen molar-refractivity contribution < 1.29 is 14.7 Å². The number of aryl methyl sites for hydroxylation is 1. The molecule has 0 saturated heterocycles. The van der Waals surface area contributed by atoms with Gasteiger partial charge < -0.3 is 15.3 Å². The molecule has 3 rings (SSSR count). The minimum absolute atomic E-state index is 0.0174. The minimum Gasteiger partial charge on any atom is -0.503 e. The largest absolute Gasteiger partial charge is 0.503 e. The van der Waals surface area contributed by atoms with Crippen molar-refractivity contribution >= 4 is 58.2 Å². The number of amides is 2. The number of halogens is 4. The lowest BCUT2D eigenvalue weighted by Gasteiger charge is -2.16. The Bertz CT molecular complexity index is 1020. The Balaban J connectivity index is 1.52. The fraction of sp³-hybridized carbons (Fsp3) is 0.238. The number of hydrogen-bond donors (Lipinski definition) is 2. The first-order valence-electron chi connectivity index (χ1n) is 9.13. The number of hydrogen-bond acceptors (Lipinski definition) is 3. The molecule has 2 aromatic rings. The molecule has 0 radical (unpaired) electrons. The van der Waals surface area contributed by atoms with Gasteiger partial charge in [-0.3, -0.25) is 9.59 Å². The molecule has 2 aromatic carbocycles. The predicted octanol–water partition coefficient (Wildman–Crippen LogP) is 5.20. The van der Waals surface area contributed by atoms with Crippen LogP contribution >= 0.6 is 46.4 Å². The van der Waals surface area contributed by atoms with E-state index < -0.39 is 17.6 Å². The van der Waals surface area contributed by atoms with Crippen LogP contribution in [0.2, 0.25) is 20.1 Å². The van der Waals surface area contributed by atoms with E-state index in [9.17, 15) is 14.7 Å². The van der Waals surface area contributed by atoms with Crippen LogP contribution in [0.25, 0.3) is 0 Å². The third-order valence-corrected chi connectivity index (χ3v) is 6.15. The normalized spacial score (nSPS) is 13.9. The van der Waals surface area contributed by atoms with Gasteiger partial charge in [-0.25, -0.2) is 0 Å². The van der Waals surface area contributed by atoms with Gasteiger partial charge in [0.25, 0.3) is 11.8 Å². The van der Waals surface area contributed by atoms with E-state index in [1.54, 1.807) is 30.3 Å². The van der Waals surface area contributed by atoms with Crippen LogP contribution in [0.5, 0.6) is 0 Å². The maximum atomic E-state index is 12.4. The molecule has 0 aliphatic carbocycles. The molecule has 1 aliphatic rings. The van der Waals surface area contributed by atoms with Crippen LogP contribution < -0.4 is 5.32 Å². The van der Waals surface area contributed by atoms with Crippen molar-refractivity contribution in [2.45, 2.75) is 19.4 Å². The molecule has 0 atom stereocenters. The Morgan fingerprint density at radius 2 is 1.57 bits per heavy atom. The topological polar surface area (TPSA) is 69.6 Å². The molecule has 0 fully saturated rings. The van der Waals surface area contributed by atoms with Gasteiger partial charge in [0.05, 0.1) is 32.2 Å². The zero-order chi connectivity index (χ0) is 21.8. The van der Waals surface area contributed by atoms with E-state index in [-0.39, 0.29) is 18.7 Å². The molecule has 2 amide bonds. The SMILES string of the molecule is O=C(NCCCc1ccc(Cl)c(Cl)c1)C1=C(O)C(=O)N(Cc2ccc(Cl)c(Cl)c2)C1. The van der Waals surface area contributed by atoms with E-state index in [0.29, 0.717) is 39.5 Å². The van der Waals surface area contributed by atoms with E-state index in [2.05, 4.69) is 5.32 Å². The molecule has 1 heterocycles. The lowest BCUT2D eigenvalue weighted by Crippen LogP contribution is -2.30. The van der Waals surface area contributed by atoms with Crippen molar-refractivity contribution in [3.05, 3.63) is 78.9 Å². The second kappa shape index (κ2) is 9.92. The number of nitrogens with one attached hydrogen (secondary N) is 1. The lowest BCUT2D eigenvalue weighted by molar-refractivity contribution is -0.128. The van der Waals surface area contributed by atoms with Crippen LogP contribution in [-0.2, 0) is 22.6 Å². The van der Waals surface area contributed by atoms with Crippen LogP contribution in [0.1, 0.15) is 17.5 Å². The van der Waals surface area contributed by atoms with Crippen molar-refractivity contribution in [3.63, 3.8) is 0 Å². The summed E-state index contributed by atoms with van der Waals surface area (Å²) in [6, 6.07) is 10.4. The van der Waals surface area contributed by atoms with E-state index >= 15 is 0 Å². The Morgan fingerprint density at radius 1 is 0.967 bits per heavy atom. The first kappa shape index (κ1) is 22.8. The van der Waals surface area contributed by atoms with Gasteiger partial charge in [-0.05, 0) is 48.2 Å². The van der Waals surface area contributed by atoms with Crippen LogP contribution in [0.15, 0.2) is 47.7 Å². The summed E-state index contributed by atoms with van der Waals surface area (Å²) in [5, 5.41) is 14.6. The zero-order valence-electron chi connectivity index (χ0n) is 15.7. The Hall–Kier alpha value is -1.92. The average molecular weight is 488 g/mol. The molecular weight excluding hydrogens is 470 g/mol. The van der Waals surface area contributed by atoms with Gasteiger partial charge >= 0.3 is 0 Å². The smallest absolute Gasteiger partial charge is 0.289 e. The van der Waals surface area contributed by atoms with E-state index in [1.165, 1.54) is 4.90 Å². The molecule has 30 heavy (non-hydrogen) atoms. The highest BCUT2D eigenvalue weighted by Crippen LogP contribution is 2.26.